The van der Waals surface area contributed by atoms with Crippen molar-refractivity contribution in [2.75, 3.05) is 44.2 Å². The van der Waals surface area contributed by atoms with Crippen LogP contribution in [-0.4, -0.2) is 67.1 Å². The Morgan fingerprint density at radius 1 is 1.10 bits per heavy atom. The summed E-state index contributed by atoms with van der Waals surface area (Å²) >= 11 is 0. The van der Waals surface area contributed by atoms with E-state index in [1.54, 1.807) is 6.20 Å². The highest BCUT2D eigenvalue weighted by molar-refractivity contribution is 5.94. The lowest BCUT2D eigenvalue weighted by molar-refractivity contribution is -0.130. The smallest absolute Gasteiger partial charge is 0.252 e. The van der Waals surface area contributed by atoms with E-state index >= 15 is 0 Å². The van der Waals surface area contributed by atoms with Crippen molar-refractivity contribution in [1.82, 2.24) is 15.2 Å². The van der Waals surface area contributed by atoms with Crippen LogP contribution in [0.5, 0.6) is 0 Å². The Morgan fingerprint density at radius 2 is 1.87 bits per heavy atom. The Labute approximate surface area is 183 Å². The number of hydrogen-bond donors (Lipinski definition) is 1. The second kappa shape index (κ2) is 9.92. The molecule has 1 aromatic heterocycles. The number of pyridine rings is 1. The molecule has 2 aliphatic rings. The first-order valence-electron chi connectivity index (χ1n) is 11.0. The molecule has 2 saturated heterocycles. The van der Waals surface area contributed by atoms with Crippen molar-refractivity contribution in [1.29, 1.82) is 0 Å². The Hall–Kier alpha value is -2.93. The molecular formula is C24H30N4O3. The van der Waals surface area contributed by atoms with Gasteiger partial charge in [-0.1, -0.05) is 29.8 Å². The molecule has 1 unspecified atom stereocenters. The predicted octanol–water partition coefficient (Wildman–Crippen LogP) is 2.19. The number of hydrogen-bond acceptors (Lipinski definition) is 5. The number of amides is 2. The van der Waals surface area contributed by atoms with Crippen LogP contribution in [0.3, 0.4) is 0 Å². The average Bonchev–Trinajstić information content (AvgIpc) is 3.33. The van der Waals surface area contributed by atoms with Gasteiger partial charge in [0.2, 0.25) is 5.91 Å². The highest BCUT2D eigenvalue weighted by Gasteiger charge is 2.22. The standard InChI is InChI=1S/C24H30N4O3/c1-18-4-6-19(7-5-18)15-23(29)28-12-10-27(11-13-28)22-9-8-20(16-25-22)24(30)26-17-21-3-2-14-31-21/h4-9,16,21H,2-3,10-15,17H2,1H3,(H,26,30). The summed E-state index contributed by atoms with van der Waals surface area (Å²) in [6.45, 7) is 6.18. The topological polar surface area (TPSA) is 74.8 Å². The van der Waals surface area contributed by atoms with Gasteiger partial charge in [-0.25, -0.2) is 4.98 Å². The minimum atomic E-state index is -0.124. The molecule has 2 aliphatic heterocycles. The molecular weight excluding hydrogens is 392 g/mol. The quantitative estimate of drug-likeness (QED) is 0.773. The molecule has 2 aromatic rings. The number of carbonyl (C=O) groups excluding carboxylic acids is 2. The summed E-state index contributed by atoms with van der Waals surface area (Å²) in [6, 6.07) is 11.8. The monoisotopic (exact) mass is 422 g/mol. The molecule has 1 aromatic carbocycles. The van der Waals surface area contributed by atoms with Gasteiger partial charge in [-0.3, -0.25) is 9.59 Å². The minimum absolute atomic E-state index is 0.124. The van der Waals surface area contributed by atoms with E-state index < -0.39 is 0 Å². The lowest BCUT2D eigenvalue weighted by Gasteiger charge is -2.35. The van der Waals surface area contributed by atoms with Crippen LogP contribution in [0.4, 0.5) is 5.82 Å². The van der Waals surface area contributed by atoms with Gasteiger partial charge in [0.15, 0.2) is 0 Å². The molecule has 7 heteroatoms. The maximum atomic E-state index is 12.6. The van der Waals surface area contributed by atoms with Gasteiger partial charge in [0, 0.05) is 45.5 Å². The third-order valence-corrected chi connectivity index (χ3v) is 5.96. The van der Waals surface area contributed by atoms with E-state index in [2.05, 4.69) is 15.2 Å². The molecule has 1 N–H and O–H groups in total. The average molecular weight is 423 g/mol. The van der Waals surface area contributed by atoms with E-state index in [9.17, 15) is 9.59 Å². The SMILES string of the molecule is Cc1ccc(CC(=O)N2CCN(c3ccc(C(=O)NCC4CCCO4)cn3)CC2)cc1. The number of aromatic nitrogens is 1. The summed E-state index contributed by atoms with van der Waals surface area (Å²) in [5.74, 6) is 0.872. The van der Waals surface area contributed by atoms with Crippen molar-refractivity contribution >= 4 is 17.6 Å². The van der Waals surface area contributed by atoms with Crippen LogP contribution in [0.15, 0.2) is 42.6 Å². The fourth-order valence-corrected chi connectivity index (χ4v) is 4.00. The third-order valence-electron chi connectivity index (χ3n) is 5.96. The van der Waals surface area contributed by atoms with Crippen LogP contribution in [0.25, 0.3) is 0 Å². The molecule has 0 aliphatic carbocycles. The molecule has 3 heterocycles. The molecule has 2 fully saturated rings. The maximum absolute atomic E-state index is 12.6. The summed E-state index contributed by atoms with van der Waals surface area (Å²) in [5, 5.41) is 2.92. The van der Waals surface area contributed by atoms with E-state index in [1.165, 1.54) is 5.56 Å². The van der Waals surface area contributed by atoms with Crippen LogP contribution in [0.1, 0.15) is 34.3 Å². The maximum Gasteiger partial charge on any atom is 0.252 e. The summed E-state index contributed by atoms with van der Waals surface area (Å²) in [6.07, 6.45) is 4.24. The van der Waals surface area contributed by atoms with Crippen LogP contribution in [0, 0.1) is 6.92 Å². The molecule has 0 bridgehead atoms. The zero-order valence-corrected chi connectivity index (χ0v) is 18.0. The first-order valence-corrected chi connectivity index (χ1v) is 11.0. The largest absolute Gasteiger partial charge is 0.376 e. The number of ether oxygens (including phenoxy) is 1. The van der Waals surface area contributed by atoms with Crippen molar-refractivity contribution in [3.05, 3.63) is 59.3 Å². The van der Waals surface area contributed by atoms with Gasteiger partial charge in [-0.2, -0.15) is 0 Å². The third kappa shape index (κ3) is 5.61. The van der Waals surface area contributed by atoms with Crippen LogP contribution in [-0.2, 0) is 16.0 Å². The van der Waals surface area contributed by atoms with E-state index in [0.717, 1.165) is 43.9 Å². The summed E-state index contributed by atoms with van der Waals surface area (Å²) in [4.78, 5) is 33.5. The zero-order valence-electron chi connectivity index (χ0n) is 18.0. The molecule has 7 nitrogen and oxygen atoms in total. The van der Waals surface area contributed by atoms with Gasteiger partial charge in [-0.15, -0.1) is 0 Å². The normalized spacial score (nSPS) is 18.8. The van der Waals surface area contributed by atoms with Gasteiger partial charge < -0.3 is 19.9 Å². The Bertz CT molecular complexity index is 884. The second-order valence-corrected chi connectivity index (χ2v) is 8.28. The summed E-state index contributed by atoms with van der Waals surface area (Å²) < 4.78 is 5.54. The van der Waals surface area contributed by atoms with E-state index in [4.69, 9.17) is 4.74 Å². The van der Waals surface area contributed by atoms with Gasteiger partial charge >= 0.3 is 0 Å². The van der Waals surface area contributed by atoms with Crippen LogP contribution in [0.2, 0.25) is 0 Å². The molecule has 164 valence electrons. The van der Waals surface area contributed by atoms with Crippen molar-refractivity contribution in [3.63, 3.8) is 0 Å². The lowest BCUT2D eigenvalue weighted by Crippen LogP contribution is -2.49. The lowest BCUT2D eigenvalue weighted by atomic mass is 10.1. The predicted molar refractivity (Wildman–Crippen MR) is 119 cm³/mol. The number of aryl methyl sites for hydroxylation is 1. The van der Waals surface area contributed by atoms with Gasteiger partial charge in [0.1, 0.15) is 5.82 Å². The van der Waals surface area contributed by atoms with E-state index in [1.807, 2.05) is 48.2 Å². The first-order chi connectivity index (χ1) is 15.1. The second-order valence-electron chi connectivity index (χ2n) is 8.28. The number of nitrogens with one attached hydrogen (secondary N) is 1. The number of benzene rings is 1. The van der Waals surface area contributed by atoms with Gasteiger partial charge in [-0.05, 0) is 37.5 Å². The van der Waals surface area contributed by atoms with E-state index in [0.29, 0.717) is 31.6 Å². The number of nitrogens with zero attached hydrogens (tertiary/aromatic N) is 3. The summed E-state index contributed by atoms with van der Waals surface area (Å²) in [7, 11) is 0. The molecule has 2 amide bonds. The number of rotatable bonds is 6. The number of carbonyl (C=O) groups is 2. The highest BCUT2D eigenvalue weighted by atomic mass is 16.5. The Kier molecular flexibility index (Phi) is 6.82. The summed E-state index contributed by atoms with van der Waals surface area (Å²) in [5.41, 5.74) is 2.80. The fraction of sp³-hybridized carbons (Fsp3) is 0.458. The molecule has 0 spiro atoms. The fourth-order valence-electron chi connectivity index (χ4n) is 4.00. The zero-order chi connectivity index (χ0) is 21.6. The molecule has 4 rings (SSSR count). The van der Waals surface area contributed by atoms with Crippen LogP contribution >= 0.6 is 0 Å². The van der Waals surface area contributed by atoms with Crippen molar-refractivity contribution < 1.29 is 14.3 Å². The number of anilines is 1. The molecule has 31 heavy (non-hydrogen) atoms. The van der Waals surface area contributed by atoms with Crippen molar-refractivity contribution in [3.8, 4) is 0 Å². The van der Waals surface area contributed by atoms with Crippen LogP contribution < -0.4 is 10.2 Å². The minimum Gasteiger partial charge on any atom is -0.376 e. The Morgan fingerprint density at radius 3 is 2.52 bits per heavy atom. The Balaban J connectivity index is 1.25. The molecule has 0 radical (unpaired) electrons. The van der Waals surface area contributed by atoms with Crippen molar-refractivity contribution in [2.45, 2.75) is 32.3 Å². The molecule has 0 saturated carbocycles. The first kappa shape index (κ1) is 21.3. The van der Waals surface area contributed by atoms with Crippen molar-refractivity contribution in [2.24, 2.45) is 0 Å². The molecule has 1 atom stereocenters. The van der Waals surface area contributed by atoms with E-state index in [-0.39, 0.29) is 17.9 Å². The highest BCUT2D eigenvalue weighted by Crippen LogP contribution is 2.16. The van der Waals surface area contributed by atoms with Gasteiger partial charge in [0.25, 0.3) is 5.91 Å². The van der Waals surface area contributed by atoms with Gasteiger partial charge in [0.05, 0.1) is 18.1 Å². The number of piperazine rings is 1.